The van der Waals surface area contributed by atoms with E-state index in [2.05, 4.69) is 10.2 Å². The van der Waals surface area contributed by atoms with Crippen LogP contribution in [0.15, 0.2) is 24.3 Å². The zero-order valence-electron chi connectivity index (χ0n) is 13.9. The van der Waals surface area contributed by atoms with E-state index >= 15 is 0 Å². The summed E-state index contributed by atoms with van der Waals surface area (Å²) in [4.78, 5) is 27.1. The van der Waals surface area contributed by atoms with Crippen LogP contribution in [0.3, 0.4) is 0 Å². The van der Waals surface area contributed by atoms with Crippen LogP contribution >= 0.6 is 0 Å². The van der Waals surface area contributed by atoms with Crippen molar-refractivity contribution in [3.63, 3.8) is 0 Å². The van der Waals surface area contributed by atoms with Crippen molar-refractivity contribution in [1.82, 2.24) is 10.2 Å². The average molecular weight is 319 g/mol. The molecule has 126 valence electrons. The first-order valence-electron chi connectivity index (χ1n) is 7.96. The van der Waals surface area contributed by atoms with Gasteiger partial charge in [0, 0.05) is 45.8 Å². The Hall–Kier alpha value is -1.92. The molecule has 0 spiro atoms. The Bertz CT molecular complexity index is 524. The summed E-state index contributed by atoms with van der Waals surface area (Å²) in [5, 5.41) is 2.95. The van der Waals surface area contributed by atoms with Gasteiger partial charge in [0.1, 0.15) is 0 Å². The Kier molecular flexibility index (Phi) is 6.55. The molecular weight excluding hydrogens is 294 g/mol. The largest absolute Gasteiger partial charge is 0.379 e. The maximum atomic E-state index is 12.0. The van der Waals surface area contributed by atoms with Crippen LogP contribution < -0.4 is 10.2 Å². The maximum Gasteiger partial charge on any atom is 0.224 e. The van der Waals surface area contributed by atoms with Gasteiger partial charge in [-0.25, -0.2) is 0 Å². The first kappa shape index (κ1) is 17.4. The molecule has 1 aliphatic rings. The lowest BCUT2D eigenvalue weighted by molar-refractivity contribution is -0.120. The Balaban J connectivity index is 1.73. The second kappa shape index (κ2) is 8.64. The van der Waals surface area contributed by atoms with E-state index in [1.54, 1.807) is 11.9 Å². The van der Waals surface area contributed by atoms with Crippen molar-refractivity contribution in [2.24, 2.45) is 0 Å². The van der Waals surface area contributed by atoms with Crippen molar-refractivity contribution in [3.05, 3.63) is 29.8 Å². The molecule has 0 aliphatic carbocycles. The number of carbonyl (C=O) groups is 2. The van der Waals surface area contributed by atoms with E-state index in [0.717, 1.165) is 44.1 Å². The van der Waals surface area contributed by atoms with E-state index in [-0.39, 0.29) is 11.8 Å². The molecule has 0 unspecified atom stereocenters. The fourth-order valence-corrected chi connectivity index (χ4v) is 2.45. The molecule has 0 atom stereocenters. The second-order valence-corrected chi connectivity index (χ2v) is 5.73. The number of amides is 2. The van der Waals surface area contributed by atoms with Crippen LogP contribution in [-0.4, -0.2) is 63.2 Å². The van der Waals surface area contributed by atoms with Crippen molar-refractivity contribution >= 4 is 17.5 Å². The summed E-state index contributed by atoms with van der Waals surface area (Å²) < 4.78 is 5.29. The van der Waals surface area contributed by atoms with Gasteiger partial charge in [0.05, 0.1) is 19.6 Å². The monoisotopic (exact) mass is 319 g/mol. The third-order valence-corrected chi connectivity index (χ3v) is 4.01. The third kappa shape index (κ3) is 5.65. The summed E-state index contributed by atoms with van der Waals surface area (Å²) in [5.74, 6) is 0.00420. The number of morpholine rings is 1. The molecule has 0 aromatic heterocycles. The summed E-state index contributed by atoms with van der Waals surface area (Å²) in [6.45, 7) is 6.45. The van der Waals surface area contributed by atoms with E-state index in [1.165, 1.54) is 6.92 Å². The molecule has 1 aromatic carbocycles. The van der Waals surface area contributed by atoms with E-state index in [1.807, 2.05) is 24.3 Å². The van der Waals surface area contributed by atoms with E-state index < -0.39 is 0 Å². The molecule has 1 heterocycles. The first-order chi connectivity index (χ1) is 11.1. The molecule has 1 aliphatic heterocycles. The molecule has 2 rings (SSSR count). The Morgan fingerprint density at radius 3 is 2.48 bits per heavy atom. The quantitative estimate of drug-likeness (QED) is 0.837. The van der Waals surface area contributed by atoms with E-state index in [4.69, 9.17) is 4.74 Å². The van der Waals surface area contributed by atoms with Crippen molar-refractivity contribution in [2.75, 3.05) is 51.3 Å². The molecule has 6 nitrogen and oxygen atoms in total. The Morgan fingerprint density at radius 2 is 1.87 bits per heavy atom. The van der Waals surface area contributed by atoms with Gasteiger partial charge >= 0.3 is 0 Å². The fourth-order valence-electron chi connectivity index (χ4n) is 2.45. The van der Waals surface area contributed by atoms with Crippen LogP contribution in [0, 0.1) is 0 Å². The number of benzene rings is 1. The minimum Gasteiger partial charge on any atom is -0.379 e. The summed E-state index contributed by atoms with van der Waals surface area (Å²) in [5.41, 5.74) is 1.77. The predicted octanol–water partition coefficient (Wildman–Crippen LogP) is 0.660. The Labute approximate surface area is 137 Å². The number of ether oxygens (including phenoxy) is 1. The normalized spacial score (nSPS) is 15.2. The van der Waals surface area contributed by atoms with Gasteiger partial charge in [-0.3, -0.25) is 14.5 Å². The highest BCUT2D eigenvalue weighted by Gasteiger charge is 2.11. The average Bonchev–Trinajstić information content (AvgIpc) is 2.56. The fraction of sp³-hybridized carbons (Fsp3) is 0.529. The molecule has 1 fully saturated rings. The molecule has 0 saturated carbocycles. The number of nitrogens with zero attached hydrogens (tertiary/aromatic N) is 2. The summed E-state index contributed by atoms with van der Waals surface area (Å²) in [7, 11) is 1.73. The number of anilines is 1. The first-order valence-corrected chi connectivity index (χ1v) is 7.96. The molecule has 1 aromatic rings. The van der Waals surface area contributed by atoms with Gasteiger partial charge in [0.2, 0.25) is 11.8 Å². The lowest BCUT2D eigenvalue weighted by Crippen LogP contribution is -2.41. The van der Waals surface area contributed by atoms with Crippen molar-refractivity contribution in [3.8, 4) is 0 Å². The molecule has 2 amide bonds. The van der Waals surface area contributed by atoms with Crippen LogP contribution in [0.5, 0.6) is 0 Å². The molecule has 0 bridgehead atoms. The number of hydrogen-bond donors (Lipinski definition) is 1. The molecule has 1 N–H and O–H groups in total. The minimum atomic E-state index is -0.0152. The molecule has 1 saturated heterocycles. The zero-order chi connectivity index (χ0) is 16.7. The second-order valence-electron chi connectivity index (χ2n) is 5.73. The zero-order valence-corrected chi connectivity index (χ0v) is 13.9. The summed E-state index contributed by atoms with van der Waals surface area (Å²) in [6, 6.07) is 7.49. The van der Waals surface area contributed by atoms with E-state index in [9.17, 15) is 9.59 Å². The molecule has 23 heavy (non-hydrogen) atoms. The van der Waals surface area contributed by atoms with Gasteiger partial charge in [-0.2, -0.15) is 0 Å². The van der Waals surface area contributed by atoms with Crippen LogP contribution in [0.2, 0.25) is 0 Å². The SMILES string of the molecule is CC(=O)N(C)c1ccc(CC(=O)NCCN2CCOCC2)cc1. The number of rotatable bonds is 6. The lowest BCUT2D eigenvalue weighted by atomic mass is 10.1. The third-order valence-electron chi connectivity index (χ3n) is 4.01. The highest BCUT2D eigenvalue weighted by molar-refractivity contribution is 5.90. The van der Waals surface area contributed by atoms with Gasteiger partial charge in [0.25, 0.3) is 0 Å². The standard InChI is InChI=1S/C17H25N3O3/c1-14(21)19(2)16-5-3-15(4-6-16)13-17(22)18-7-8-20-9-11-23-12-10-20/h3-6H,7-13H2,1-2H3,(H,18,22). The van der Waals surface area contributed by atoms with Gasteiger partial charge in [-0.05, 0) is 17.7 Å². The Morgan fingerprint density at radius 1 is 1.22 bits per heavy atom. The molecule has 0 radical (unpaired) electrons. The molecular formula is C17H25N3O3. The van der Waals surface area contributed by atoms with E-state index in [0.29, 0.717) is 13.0 Å². The smallest absolute Gasteiger partial charge is 0.224 e. The van der Waals surface area contributed by atoms with Gasteiger partial charge in [-0.1, -0.05) is 12.1 Å². The maximum absolute atomic E-state index is 12.0. The van der Waals surface area contributed by atoms with Crippen molar-refractivity contribution in [2.45, 2.75) is 13.3 Å². The highest BCUT2D eigenvalue weighted by Crippen LogP contribution is 2.14. The highest BCUT2D eigenvalue weighted by atomic mass is 16.5. The summed E-state index contributed by atoms with van der Waals surface area (Å²) >= 11 is 0. The van der Waals surface area contributed by atoms with Gasteiger partial charge in [-0.15, -0.1) is 0 Å². The van der Waals surface area contributed by atoms with Gasteiger partial charge in [0.15, 0.2) is 0 Å². The number of carbonyl (C=O) groups excluding carboxylic acids is 2. The minimum absolute atomic E-state index is 0.0152. The van der Waals surface area contributed by atoms with Crippen LogP contribution in [0.1, 0.15) is 12.5 Å². The van der Waals surface area contributed by atoms with Crippen molar-refractivity contribution in [1.29, 1.82) is 0 Å². The van der Waals surface area contributed by atoms with Crippen LogP contribution in [0.4, 0.5) is 5.69 Å². The van der Waals surface area contributed by atoms with Crippen LogP contribution in [-0.2, 0) is 20.7 Å². The topological polar surface area (TPSA) is 61.9 Å². The van der Waals surface area contributed by atoms with Crippen molar-refractivity contribution < 1.29 is 14.3 Å². The summed E-state index contributed by atoms with van der Waals surface area (Å²) in [6.07, 6.45) is 0.354. The predicted molar refractivity (Wildman–Crippen MR) is 89.5 cm³/mol. The number of nitrogens with one attached hydrogen (secondary N) is 1. The molecule has 6 heteroatoms. The number of hydrogen-bond acceptors (Lipinski definition) is 4. The van der Waals surface area contributed by atoms with Gasteiger partial charge < -0.3 is 15.0 Å². The lowest BCUT2D eigenvalue weighted by Gasteiger charge is -2.26. The van der Waals surface area contributed by atoms with Crippen LogP contribution in [0.25, 0.3) is 0 Å².